The first-order valence-electron chi connectivity index (χ1n) is 9.85. The van der Waals surface area contributed by atoms with Gasteiger partial charge in [-0.1, -0.05) is 42.5 Å². The molecule has 4 rings (SSSR count). The molecular weight excluding hydrogens is 426 g/mol. The number of hydrogen-bond donors (Lipinski definition) is 1. The van der Waals surface area contributed by atoms with Crippen LogP contribution in [0.2, 0.25) is 0 Å². The number of amides is 4. The lowest BCUT2D eigenvalue weighted by Crippen LogP contribution is -2.54. The molecule has 9 heteroatoms. The van der Waals surface area contributed by atoms with E-state index in [1.54, 1.807) is 24.3 Å². The summed E-state index contributed by atoms with van der Waals surface area (Å²) >= 11 is 0. The molecule has 1 heterocycles. The highest BCUT2D eigenvalue weighted by molar-refractivity contribution is 6.39. The highest BCUT2D eigenvalue weighted by Gasteiger charge is 2.36. The molecule has 1 aliphatic rings. The highest BCUT2D eigenvalue weighted by Crippen LogP contribution is 2.24. The lowest BCUT2D eigenvalue weighted by atomic mass is 10.1. The number of nitrogens with zero attached hydrogens (tertiary/aromatic N) is 2. The fourth-order valence-electron chi connectivity index (χ4n) is 3.18. The standard InChI is InChI=1S/C24H17N3O6/c28-22-21(14-16-6-12-20(13-7-16)33-15-17-4-2-1-3-5-17)23(29)26(24(30)25-22)18-8-10-19(11-9-18)27(31)32/h1-14H,15H2,(H,25,28,30). The first-order chi connectivity index (χ1) is 15.9. The minimum atomic E-state index is -0.930. The van der Waals surface area contributed by atoms with Crippen LogP contribution < -0.4 is 15.0 Å². The molecule has 0 aromatic heterocycles. The van der Waals surface area contributed by atoms with E-state index >= 15 is 0 Å². The van der Waals surface area contributed by atoms with Crippen molar-refractivity contribution in [3.8, 4) is 5.75 Å². The first-order valence-corrected chi connectivity index (χ1v) is 9.85. The van der Waals surface area contributed by atoms with Crippen molar-refractivity contribution in [3.05, 3.63) is 106 Å². The number of hydrogen-bond acceptors (Lipinski definition) is 6. The minimum absolute atomic E-state index is 0.103. The number of carbonyl (C=O) groups is 3. The average molecular weight is 443 g/mol. The Morgan fingerprint density at radius 1 is 0.909 bits per heavy atom. The van der Waals surface area contributed by atoms with E-state index in [1.807, 2.05) is 30.3 Å². The Labute approximate surface area is 188 Å². The Bertz CT molecular complexity index is 1250. The van der Waals surface area contributed by atoms with Crippen LogP contribution in [-0.4, -0.2) is 22.8 Å². The van der Waals surface area contributed by atoms with Crippen molar-refractivity contribution < 1.29 is 24.0 Å². The molecule has 0 radical (unpaired) electrons. The van der Waals surface area contributed by atoms with Crippen molar-refractivity contribution in [3.63, 3.8) is 0 Å². The molecule has 33 heavy (non-hydrogen) atoms. The largest absolute Gasteiger partial charge is 0.489 e. The van der Waals surface area contributed by atoms with Crippen molar-refractivity contribution >= 4 is 35.3 Å². The molecule has 0 atom stereocenters. The maximum absolute atomic E-state index is 12.9. The van der Waals surface area contributed by atoms with E-state index in [0.717, 1.165) is 10.5 Å². The quantitative estimate of drug-likeness (QED) is 0.268. The molecule has 3 aromatic carbocycles. The monoisotopic (exact) mass is 443 g/mol. The molecule has 3 aromatic rings. The highest BCUT2D eigenvalue weighted by atomic mass is 16.6. The van der Waals surface area contributed by atoms with Gasteiger partial charge in [-0.3, -0.25) is 25.0 Å². The maximum Gasteiger partial charge on any atom is 0.335 e. The molecule has 9 nitrogen and oxygen atoms in total. The Morgan fingerprint density at radius 3 is 2.21 bits per heavy atom. The van der Waals surface area contributed by atoms with Crippen LogP contribution in [0, 0.1) is 10.1 Å². The molecule has 1 aliphatic heterocycles. The maximum atomic E-state index is 12.9. The molecule has 0 aliphatic carbocycles. The number of nitrogens with one attached hydrogen (secondary N) is 1. The number of nitro benzene ring substituents is 1. The zero-order valence-electron chi connectivity index (χ0n) is 17.1. The third kappa shape index (κ3) is 4.77. The summed E-state index contributed by atoms with van der Waals surface area (Å²) in [5.74, 6) is -1.04. The van der Waals surface area contributed by atoms with E-state index in [2.05, 4.69) is 5.32 Å². The van der Waals surface area contributed by atoms with Crippen LogP contribution in [0.1, 0.15) is 11.1 Å². The minimum Gasteiger partial charge on any atom is -0.489 e. The predicted octanol–water partition coefficient (Wildman–Crippen LogP) is 3.84. The topological polar surface area (TPSA) is 119 Å². The lowest BCUT2D eigenvalue weighted by Gasteiger charge is -2.26. The van der Waals surface area contributed by atoms with Crippen LogP contribution in [0.5, 0.6) is 5.75 Å². The summed E-state index contributed by atoms with van der Waals surface area (Å²) in [6.07, 6.45) is 1.36. The van der Waals surface area contributed by atoms with Gasteiger partial charge in [0.25, 0.3) is 17.5 Å². The van der Waals surface area contributed by atoms with Crippen molar-refractivity contribution in [1.82, 2.24) is 5.32 Å². The Morgan fingerprint density at radius 2 is 1.58 bits per heavy atom. The Hall–Kier alpha value is -4.79. The molecular formula is C24H17N3O6. The summed E-state index contributed by atoms with van der Waals surface area (Å²) in [5, 5.41) is 13.0. The fraction of sp³-hybridized carbons (Fsp3) is 0.0417. The summed E-state index contributed by atoms with van der Waals surface area (Å²) in [6.45, 7) is 0.397. The molecule has 0 saturated carbocycles. The van der Waals surface area contributed by atoms with Crippen LogP contribution in [0.3, 0.4) is 0 Å². The molecule has 164 valence electrons. The number of nitro groups is 1. The Balaban J connectivity index is 1.52. The van der Waals surface area contributed by atoms with Crippen molar-refractivity contribution in [2.24, 2.45) is 0 Å². The molecule has 1 N–H and O–H groups in total. The van der Waals surface area contributed by atoms with Gasteiger partial charge in [-0.25, -0.2) is 9.69 Å². The lowest BCUT2D eigenvalue weighted by molar-refractivity contribution is -0.384. The van der Waals surface area contributed by atoms with E-state index in [9.17, 15) is 24.5 Å². The van der Waals surface area contributed by atoms with E-state index in [0.29, 0.717) is 17.9 Å². The van der Waals surface area contributed by atoms with Crippen LogP contribution in [0.4, 0.5) is 16.2 Å². The zero-order chi connectivity index (χ0) is 23.4. The second kappa shape index (κ2) is 9.15. The molecule has 0 spiro atoms. The second-order valence-corrected chi connectivity index (χ2v) is 7.07. The van der Waals surface area contributed by atoms with E-state index in [1.165, 1.54) is 30.3 Å². The summed E-state index contributed by atoms with van der Waals surface area (Å²) < 4.78 is 5.73. The molecule has 0 bridgehead atoms. The number of anilines is 1. The number of imide groups is 2. The van der Waals surface area contributed by atoms with Gasteiger partial charge < -0.3 is 4.74 Å². The van der Waals surface area contributed by atoms with Gasteiger partial charge in [-0.2, -0.15) is 0 Å². The normalized spacial score (nSPS) is 14.8. The average Bonchev–Trinajstić information content (AvgIpc) is 2.82. The molecule has 0 unspecified atom stereocenters. The number of benzene rings is 3. The van der Waals surface area contributed by atoms with Gasteiger partial charge in [0.1, 0.15) is 17.9 Å². The predicted molar refractivity (Wildman–Crippen MR) is 119 cm³/mol. The van der Waals surface area contributed by atoms with Gasteiger partial charge in [-0.15, -0.1) is 0 Å². The van der Waals surface area contributed by atoms with E-state index in [-0.39, 0.29) is 16.9 Å². The Kier molecular flexibility index (Phi) is 5.94. The smallest absolute Gasteiger partial charge is 0.335 e. The van der Waals surface area contributed by atoms with E-state index in [4.69, 9.17) is 4.74 Å². The molecule has 4 amide bonds. The van der Waals surface area contributed by atoms with Gasteiger partial charge in [0.15, 0.2) is 0 Å². The number of ether oxygens (including phenoxy) is 1. The molecule has 1 fully saturated rings. The molecule has 1 saturated heterocycles. The third-order valence-corrected chi connectivity index (χ3v) is 4.86. The first kappa shape index (κ1) is 21.4. The van der Waals surface area contributed by atoms with Crippen LogP contribution >= 0.6 is 0 Å². The van der Waals surface area contributed by atoms with Crippen molar-refractivity contribution in [2.45, 2.75) is 6.61 Å². The van der Waals surface area contributed by atoms with Crippen molar-refractivity contribution in [2.75, 3.05) is 4.90 Å². The van der Waals surface area contributed by atoms with Crippen LogP contribution in [0.25, 0.3) is 6.08 Å². The summed E-state index contributed by atoms with van der Waals surface area (Å²) in [7, 11) is 0. The zero-order valence-corrected chi connectivity index (χ0v) is 17.1. The van der Waals surface area contributed by atoms with Gasteiger partial charge in [-0.05, 0) is 41.5 Å². The number of carbonyl (C=O) groups excluding carboxylic acids is 3. The van der Waals surface area contributed by atoms with Gasteiger partial charge >= 0.3 is 6.03 Å². The number of non-ortho nitro benzene ring substituents is 1. The van der Waals surface area contributed by atoms with Gasteiger partial charge in [0.05, 0.1) is 10.6 Å². The van der Waals surface area contributed by atoms with Crippen molar-refractivity contribution in [1.29, 1.82) is 0 Å². The third-order valence-electron chi connectivity index (χ3n) is 4.86. The SMILES string of the molecule is O=C1NC(=O)N(c2ccc([N+](=O)[O-])cc2)C(=O)C1=Cc1ccc(OCc2ccccc2)cc1. The number of barbiturate groups is 1. The van der Waals surface area contributed by atoms with Gasteiger partial charge in [0.2, 0.25) is 0 Å². The number of urea groups is 1. The summed E-state index contributed by atoms with van der Waals surface area (Å²) in [6, 6.07) is 20.4. The summed E-state index contributed by atoms with van der Waals surface area (Å²) in [4.78, 5) is 48.5. The summed E-state index contributed by atoms with van der Waals surface area (Å²) in [5.41, 5.74) is 1.24. The second-order valence-electron chi connectivity index (χ2n) is 7.07. The van der Waals surface area contributed by atoms with Crippen LogP contribution in [-0.2, 0) is 16.2 Å². The van der Waals surface area contributed by atoms with Gasteiger partial charge in [0, 0.05) is 12.1 Å². The fourth-order valence-corrected chi connectivity index (χ4v) is 3.18. The van der Waals surface area contributed by atoms with E-state index < -0.39 is 22.8 Å². The number of rotatable bonds is 6. The van der Waals surface area contributed by atoms with Crippen LogP contribution in [0.15, 0.2) is 84.4 Å².